The molecule has 1 heterocycles. The fourth-order valence-corrected chi connectivity index (χ4v) is 1.76. The predicted molar refractivity (Wildman–Crippen MR) is 68.4 cm³/mol. The number of fused-ring (bicyclic) bond motifs is 1. The molecular formula is C14H12N2O2. The van der Waals surface area contributed by atoms with E-state index in [4.69, 9.17) is 14.9 Å². The Morgan fingerprint density at radius 3 is 2.72 bits per heavy atom. The zero-order valence-electron chi connectivity index (χ0n) is 9.67. The van der Waals surface area contributed by atoms with Gasteiger partial charge in [0, 0.05) is 6.54 Å². The highest BCUT2D eigenvalue weighted by Crippen LogP contribution is 2.25. The van der Waals surface area contributed by atoms with Crippen LogP contribution in [0.2, 0.25) is 0 Å². The maximum absolute atomic E-state index is 5.54. The van der Waals surface area contributed by atoms with Gasteiger partial charge >= 0.3 is 6.08 Å². The lowest BCUT2D eigenvalue weighted by Crippen LogP contribution is -1.95. The van der Waals surface area contributed by atoms with Crippen LogP contribution in [0, 0.1) is 0 Å². The molecule has 2 aromatic carbocycles. The smallest absolute Gasteiger partial charge is 0.399 e. The van der Waals surface area contributed by atoms with E-state index in [1.165, 1.54) is 11.6 Å². The van der Waals surface area contributed by atoms with Crippen molar-refractivity contribution in [2.24, 2.45) is 5.73 Å². The third-order valence-corrected chi connectivity index (χ3v) is 2.67. The third kappa shape index (κ3) is 2.06. The molecule has 0 saturated carbocycles. The third-order valence-electron chi connectivity index (χ3n) is 2.67. The normalized spacial score (nSPS) is 10.7. The van der Waals surface area contributed by atoms with Crippen molar-refractivity contribution in [3.8, 4) is 11.8 Å². The maximum atomic E-state index is 5.54. The van der Waals surface area contributed by atoms with Gasteiger partial charge in [-0.05, 0) is 22.9 Å². The lowest BCUT2D eigenvalue weighted by molar-refractivity contribution is 0.331. The van der Waals surface area contributed by atoms with Gasteiger partial charge in [0.25, 0.3) is 0 Å². The summed E-state index contributed by atoms with van der Waals surface area (Å²) < 4.78 is 10.7. The van der Waals surface area contributed by atoms with E-state index in [0.717, 1.165) is 5.39 Å². The molecule has 4 nitrogen and oxygen atoms in total. The number of aromatic nitrogens is 1. The molecule has 0 aliphatic heterocycles. The van der Waals surface area contributed by atoms with Gasteiger partial charge in [0.1, 0.15) is 12.0 Å². The monoisotopic (exact) mass is 240 g/mol. The molecule has 3 aromatic rings. The van der Waals surface area contributed by atoms with E-state index in [1.54, 1.807) is 0 Å². The van der Waals surface area contributed by atoms with Gasteiger partial charge in [-0.3, -0.25) is 0 Å². The summed E-state index contributed by atoms with van der Waals surface area (Å²) in [6, 6.07) is 13.9. The van der Waals surface area contributed by atoms with Crippen molar-refractivity contribution >= 4 is 10.8 Å². The fraction of sp³-hybridized carbons (Fsp3) is 0.0714. The van der Waals surface area contributed by atoms with Gasteiger partial charge in [0.2, 0.25) is 0 Å². The molecule has 90 valence electrons. The molecule has 0 unspecified atom stereocenters. The number of hydrogen-bond acceptors (Lipinski definition) is 4. The van der Waals surface area contributed by atoms with E-state index in [9.17, 15) is 0 Å². The van der Waals surface area contributed by atoms with Crippen molar-refractivity contribution in [1.82, 2.24) is 4.98 Å². The Morgan fingerprint density at radius 1 is 1.11 bits per heavy atom. The van der Waals surface area contributed by atoms with Crippen LogP contribution in [0.25, 0.3) is 10.8 Å². The SMILES string of the molecule is NCc1coc(Oc2ccc3ccccc3c2)n1. The highest BCUT2D eigenvalue weighted by molar-refractivity contribution is 5.83. The lowest BCUT2D eigenvalue weighted by atomic mass is 10.1. The van der Waals surface area contributed by atoms with Gasteiger partial charge in [-0.2, -0.15) is 4.98 Å². The highest BCUT2D eigenvalue weighted by Gasteiger charge is 2.05. The Kier molecular flexibility index (Phi) is 2.70. The number of oxazole rings is 1. The number of benzene rings is 2. The van der Waals surface area contributed by atoms with Crippen molar-refractivity contribution in [3.05, 3.63) is 54.4 Å². The van der Waals surface area contributed by atoms with Gasteiger partial charge in [-0.15, -0.1) is 0 Å². The van der Waals surface area contributed by atoms with Crippen LogP contribution in [-0.2, 0) is 6.54 Å². The molecule has 0 aliphatic rings. The molecule has 0 spiro atoms. The zero-order valence-corrected chi connectivity index (χ0v) is 9.67. The second-order valence-corrected chi connectivity index (χ2v) is 3.92. The van der Waals surface area contributed by atoms with E-state index >= 15 is 0 Å². The van der Waals surface area contributed by atoms with Crippen LogP contribution in [0.4, 0.5) is 0 Å². The molecule has 0 amide bonds. The standard InChI is InChI=1S/C14H12N2O2/c15-8-12-9-17-14(16-12)18-13-6-5-10-3-1-2-4-11(10)7-13/h1-7,9H,8,15H2. The van der Waals surface area contributed by atoms with E-state index in [-0.39, 0.29) is 6.08 Å². The Balaban J connectivity index is 1.90. The number of nitrogens with zero attached hydrogens (tertiary/aromatic N) is 1. The first-order valence-corrected chi connectivity index (χ1v) is 5.66. The molecule has 0 fully saturated rings. The Bertz CT molecular complexity index is 676. The molecule has 0 radical (unpaired) electrons. The molecular weight excluding hydrogens is 228 g/mol. The minimum atomic E-state index is 0.214. The molecule has 0 atom stereocenters. The highest BCUT2D eigenvalue weighted by atomic mass is 16.6. The molecule has 4 heteroatoms. The van der Waals surface area contributed by atoms with Gasteiger partial charge in [-0.1, -0.05) is 30.3 Å². The van der Waals surface area contributed by atoms with Crippen LogP contribution in [0.1, 0.15) is 5.69 Å². The number of ether oxygens (including phenoxy) is 1. The van der Waals surface area contributed by atoms with E-state index in [1.807, 2.05) is 36.4 Å². The summed E-state index contributed by atoms with van der Waals surface area (Å²) in [6.45, 7) is 0.338. The molecule has 3 rings (SSSR count). The molecule has 0 aliphatic carbocycles. The van der Waals surface area contributed by atoms with Crippen LogP contribution in [-0.4, -0.2) is 4.98 Å². The van der Waals surface area contributed by atoms with Gasteiger partial charge in [0.15, 0.2) is 0 Å². The first-order chi connectivity index (χ1) is 8.85. The van der Waals surface area contributed by atoms with Crippen molar-refractivity contribution in [2.45, 2.75) is 6.54 Å². The van der Waals surface area contributed by atoms with E-state index in [0.29, 0.717) is 18.0 Å². The maximum Gasteiger partial charge on any atom is 0.399 e. The Labute approximate surface area is 104 Å². The topological polar surface area (TPSA) is 61.3 Å². The summed E-state index contributed by atoms with van der Waals surface area (Å²) >= 11 is 0. The summed E-state index contributed by atoms with van der Waals surface area (Å²) in [6.07, 6.45) is 1.71. The van der Waals surface area contributed by atoms with Crippen molar-refractivity contribution in [3.63, 3.8) is 0 Å². The summed E-state index contributed by atoms with van der Waals surface area (Å²) in [4.78, 5) is 4.09. The van der Waals surface area contributed by atoms with Crippen molar-refractivity contribution in [2.75, 3.05) is 0 Å². The average Bonchev–Trinajstić information content (AvgIpc) is 2.86. The van der Waals surface area contributed by atoms with Gasteiger partial charge < -0.3 is 14.9 Å². The minimum absolute atomic E-state index is 0.214. The second-order valence-electron chi connectivity index (χ2n) is 3.92. The van der Waals surface area contributed by atoms with Crippen LogP contribution < -0.4 is 10.5 Å². The van der Waals surface area contributed by atoms with Crippen LogP contribution >= 0.6 is 0 Å². The lowest BCUT2D eigenvalue weighted by Gasteiger charge is -2.02. The number of rotatable bonds is 3. The Hall–Kier alpha value is -2.33. The fourth-order valence-electron chi connectivity index (χ4n) is 1.76. The number of nitrogens with two attached hydrogens (primary N) is 1. The molecule has 0 saturated heterocycles. The number of hydrogen-bond donors (Lipinski definition) is 1. The molecule has 1 aromatic heterocycles. The summed E-state index contributed by atoms with van der Waals surface area (Å²) in [5, 5.41) is 2.28. The largest absolute Gasteiger partial charge is 0.417 e. The van der Waals surface area contributed by atoms with Gasteiger partial charge in [0.05, 0.1) is 5.69 Å². The molecule has 2 N–H and O–H groups in total. The average molecular weight is 240 g/mol. The quantitative estimate of drug-likeness (QED) is 0.764. The Morgan fingerprint density at radius 2 is 1.94 bits per heavy atom. The van der Waals surface area contributed by atoms with E-state index < -0.39 is 0 Å². The van der Waals surface area contributed by atoms with Gasteiger partial charge in [-0.25, -0.2) is 0 Å². The first kappa shape index (κ1) is 10.8. The van der Waals surface area contributed by atoms with Crippen molar-refractivity contribution in [1.29, 1.82) is 0 Å². The van der Waals surface area contributed by atoms with E-state index in [2.05, 4.69) is 11.1 Å². The van der Waals surface area contributed by atoms with Crippen LogP contribution in [0.5, 0.6) is 11.8 Å². The summed E-state index contributed by atoms with van der Waals surface area (Å²) in [7, 11) is 0. The predicted octanol–water partition coefficient (Wildman–Crippen LogP) is 3.08. The molecule has 18 heavy (non-hydrogen) atoms. The summed E-state index contributed by atoms with van der Waals surface area (Å²) in [5.74, 6) is 0.694. The zero-order chi connectivity index (χ0) is 12.4. The van der Waals surface area contributed by atoms with Crippen LogP contribution in [0.3, 0.4) is 0 Å². The summed E-state index contributed by atoms with van der Waals surface area (Å²) in [5.41, 5.74) is 6.12. The second kappa shape index (κ2) is 4.50. The first-order valence-electron chi connectivity index (χ1n) is 5.66. The van der Waals surface area contributed by atoms with Crippen molar-refractivity contribution < 1.29 is 9.15 Å². The minimum Gasteiger partial charge on any atom is -0.417 e. The molecule has 0 bridgehead atoms. The van der Waals surface area contributed by atoms with Crippen LogP contribution in [0.15, 0.2) is 53.1 Å².